The first kappa shape index (κ1) is 22.8. The van der Waals surface area contributed by atoms with Gasteiger partial charge in [-0.25, -0.2) is 0 Å². The van der Waals surface area contributed by atoms with Crippen molar-refractivity contribution in [2.75, 3.05) is 7.05 Å². The number of halogens is 4. The Balaban J connectivity index is 2.39. The molecule has 0 aromatic heterocycles. The molecule has 0 spiro atoms. The minimum atomic E-state index is -0.670. The SMILES string of the molecule is CCC(C(=O)NC)N(Cc1c(Cl)cccc1Cl)C(=O)Cc1ccc(Cl)cc1Cl. The van der Waals surface area contributed by atoms with E-state index in [0.29, 0.717) is 37.6 Å². The molecule has 0 saturated carbocycles. The van der Waals surface area contributed by atoms with E-state index in [1.54, 1.807) is 36.4 Å². The summed E-state index contributed by atoms with van der Waals surface area (Å²) in [6.07, 6.45) is 0.452. The van der Waals surface area contributed by atoms with Crippen molar-refractivity contribution < 1.29 is 9.59 Å². The van der Waals surface area contributed by atoms with Crippen LogP contribution in [0.4, 0.5) is 0 Å². The van der Waals surface area contributed by atoms with Crippen molar-refractivity contribution in [3.63, 3.8) is 0 Å². The Morgan fingerprint density at radius 1 is 1.04 bits per heavy atom. The van der Waals surface area contributed by atoms with Gasteiger partial charge in [0.1, 0.15) is 6.04 Å². The molecule has 0 aliphatic heterocycles. The summed E-state index contributed by atoms with van der Waals surface area (Å²) in [6.45, 7) is 1.94. The highest BCUT2D eigenvalue weighted by Gasteiger charge is 2.29. The van der Waals surface area contributed by atoms with Crippen molar-refractivity contribution in [3.05, 3.63) is 67.6 Å². The van der Waals surface area contributed by atoms with Gasteiger partial charge in [0.05, 0.1) is 6.42 Å². The maximum atomic E-state index is 13.2. The van der Waals surface area contributed by atoms with Crippen LogP contribution in [0.15, 0.2) is 36.4 Å². The second kappa shape index (κ2) is 10.4. The van der Waals surface area contributed by atoms with Crippen LogP contribution in [0, 0.1) is 0 Å². The van der Waals surface area contributed by atoms with E-state index in [0.717, 1.165) is 0 Å². The van der Waals surface area contributed by atoms with Crippen molar-refractivity contribution in [2.45, 2.75) is 32.4 Å². The predicted octanol–water partition coefficient (Wildman–Crippen LogP) is 5.40. The summed E-state index contributed by atoms with van der Waals surface area (Å²) in [6, 6.07) is 9.40. The third-order valence-electron chi connectivity index (χ3n) is 4.38. The van der Waals surface area contributed by atoms with Crippen LogP contribution in [-0.4, -0.2) is 29.8 Å². The molecule has 0 aliphatic carbocycles. The van der Waals surface area contributed by atoms with E-state index in [-0.39, 0.29) is 24.8 Å². The van der Waals surface area contributed by atoms with Gasteiger partial charge in [0.25, 0.3) is 0 Å². The molecule has 8 heteroatoms. The molecular formula is C20H20Cl4N2O2. The summed E-state index contributed by atoms with van der Waals surface area (Å²) >= 11 is 24.7. The van der Waals surface area contributed by atoms with E-state index in [9.17, 15) is 9.59 Å². The van der Waals surface area contributed by atoms with E-state index in [1.165, 1.54) is 11.9 Å². The van der Waals surface area contributed by atoms with Crippen molar-refractivity contribution in [2.24, 2.45) is 0 Å². The molecule has 1 atom stereocenters. The zero-order chi connectivity index (χ0) is 20.8. The second-order valence-corrected chi connectivity index (χ2v) is 7.83. The maximum Gasteiger partial charge on any atom is 0.242 e. The fraction of sp³-hybridized carbons (Fsp3) is 0.300. The molecule has 0 bridgehead atoms. The molecular weight excluding hydrogens is 442 g/mol. The first-order valence-corrected chi connectivity index (χ1v) is 10.2. The van der Waals surface area contributed by atoms with Gasteiger partial charge in [0.2, 0.25) is 11.8 Å². The van der Waals surface area contributed by atoms with Gasteiger partial charge in [0.15, 0.2) is 0 Å². The van der Waals surface area contributed by atoms with Gasteiger partial charge >= 0.3 is 0 Å². The summed E-state index contributed by atoms with van der Waals surface area (Å²) in [5.41, 5.74) is 1.21. The molecule has 0 heterocycles. The van der Waals surface area contributed by atoms with Crippen LogP contribution in [0.25, 0.3) is 0 Å². The summed E-state index contributed by atoms with van der Waals surface area (Å²) in [5.74, 6) is -0.531. The Bertz CT molecular complexity index is 853. The van der Waals surface area contributed by atoms with Crippen LogP contribution in [0.5, 0.6) is 0 Å². The van der Waals surface area contributed by atoms with Gasteiger partial charge in [-0.15, -0.1) is 0 Å². The lowest BCUT2D eigenvalue weighted by atomic mass is 10.1. The van der Waals surface area contributed by atoms with Crippen molar-refractivity contribution in [3.8, 4) is 0 Å². The van der Waals surface area contributed by atoms with Crippen LogP contribution in [0.1, 0.15) is 24.5 Å². The Kier molecular flexibility index (Phi) is 8.44. The monoisotopic (exact) mass is 460 g/mol. The first-order valence-electron chi connectivity index (χ1n) is 8.66. The van der Waals surface area contributed by atoms with Gasteiger partial charge in [-0.05, 0) is 36.2 Å². The number of amides is 2. The number of hydrogen-bond donors (Lipinski definition) is 1. The number of benzene rings is 2. The fourth-order valence-electron chi connectivity index (χ4n) is 2.87. The molecule has 4 nitrogen and oxygen atoms in total. The molecule has 2 aromatic rings. The van der Waals surface area contributed by atoms with Gasteiger partial charge in [-0.1, -0.05) is 65.5 Å². The molecule has 2 aromatic carbocycles. The summed E-state index contributed by atoms with van der Waals surface area (Å²) in [7, 11) is 1.53. The minimum Gasteiger partial charge on any atom is -0.357 e. The standard InChI is InChI=1S/C20H20Cl4N2O2/c1-3-18(20(28)25-2)26(11-14-15(22)5-4-6-16(14)23)19(27)9-12-7-8-13(21)10-17(12)24/h4-8,10,18H,3,9,11H2,1-2H3,(H,25,28). The molecule has 1 unspecified atom stereocenters. The quantitative estimate of drug-likeness (QED) is 0.600. The molecule has 2 amide bonds. The van der Waals surface area contributed by atoms with Gasteiger partial charge < -0.3 is 10.2 Å². The average molecular weight is 462 g/mol. The lowest BCUT2D eigenvalue weighted by Crippen LogP contribution is -2.48. The van der Waals surface area contributed by atoms with Gasteiger partial charge in [-0.3, -0.25) is 9.59 Å². The third-order valence-corrected chi connectivity index (χ3v) is 5.67. The number of carbonyl (C=O) groups is 2. The number of carbonyl (C=O) groups excluding carboxylic acids is 2. The van der Waals surface area contributed by atoms with Crippen LogP contribution >= 0.6 is 46.4 Å². The van der Waals surface area contributed by atoms with Gasteiger partial charge in [-0.2, -0.15) is 0 Å². The summed E-state index contributed by atoms with van der Waals surface area (Å²) < 4.78 is 0. The minimum absolute atomic E-state index is 0.0194. The lowest BCUT2D eigenvalue weighted by molar-refractivity contribution is -0.140. The molecule has 0 fully saturated rings. The van der Waals surface area contributed by atoms with Crippen LogP contribution < -0.4 is 5.32 Å². The molecule has 28 heavy (non-hydrogen) atoms. The van der Waals surface area contributed by atoms with Crippen LogP contribution in [0.2, 0.25) is 20.1 Å². The highest BCUT2D eigenvalue weighted by molar-refractivity contribution is 6.36. The number of hydrogen-bond acceptors (Lipinski definition) is 2. The Labute approximate surface area is 184 Å². The molecule has 0 radical (unpaired) electrons. The first-order chi connectivity index (χ1) is 13.3. The third kappa shape index (κ3) is 5.54. The molecule has 0 aliphatic rings. The number of rotatable bonds is 7. The highest BCUT2D eigenvalue weighted by atomic mass is 35.5. The topological polar surface area (TPSA) is 49.4 Å². The Morgan fingerprint density at radius 3 is 2.21 bits per heavy atom. The number of likely N-dealkylation sites (N-methyl/N-ethyl adjacent to an activating group) is 1. The van der Waals surface area contributed by atoms with Crippen molar-refractivity contribution in [1.29, 1.82) is 0 Å². The van der Waals surface area contributed by atoms with E-state index in [4.69, 9.17) is 46.4 Å². The van der Waals surface area contributed by atoms with Crippen molar-refractivity contribution >= 4 is 58.2 Å². The van der Waals surface area contributed by atoms with Crippen molar-refractivity contribution in [1.82, 2.24) is 10.2 Å². The van der Waals surface area contributed by atoms with E-state index < -0.39 is 6.04 Å². The lowest BCUT2D eigenvalue weighted by Gasteiger charge is -2.31. The Morgan fingerprint density at radius 2 is 1.68 bits per heavy atom. The van der Waals surface area contributed by atoms with Crippen LogP contribution in [0.3, 0.4) is 0 Å². The van der Waals surface area contributed by atoms with Gasteiger partial charge in [0, 0.05) is 39.2 Å². The second-order valence-electron chi connectivity index (χ2n) is 6.17. The molecule has 150 valence electrons. The number of nitrogens with zero attached hydrogens (tertiary/aromatic N) is 1. The largest absolute Gasteiger partial charge is 0.357 e. The average Bonchev–Trinajstić information content (AvgIpc) is 2.65. The summed E-state index contributed by atoms with van der Waals surface area (Å²) in [4.78, 5) is 27.0. The fourth-order valence-corrected chi connectivity index (χ4v) is 3.86. The predicted molar refractivity (Wildman–Crippen MR) is 115 cm³/mol. The van der Waals surface area contributed by atoms with E-state index in [1.807, 2.05) is 6.92 Å². The Hall–Kier alpha value is -1.46. The molecule has 1 N–H and O–H groups in total. The summed E-state index contributed by atoms with van der Waals surface area (Å²) in [5, 5.41) is 4.35. The zero-order valence-corrected chi connectivity index (χ0v) is 18.5. The number of nitrogens with one attached hydrogen (secondary N) is 1. The smallest absolute Gasteiger partial charge is 0.242 e. The normalized spacial score (nSPS) is 11.8. The maximum absolute atomic E-state index is 13.2. The highest BCUT2D eigenvalue weighted by Crippen LogP contribution is 2.28. The zero-order valence-electron chi connectivity index (χ0n) is 15.4. The van der Waals surface area contributed by atoms with E-state index in [2.05, 4.69) is 5.32 Å². The molecule has 0 saturated heterocycles. The van der Waals surface area contributed by atoms with E-state index >= 15 is 0 Å². The molecule has 2 rings (SSSR count). The van der Waals surface area contributed by atoms with Crippen LogP contribution in [-0.2, 0) is 22.6 Å².